The minimum absolute atomic E-state index is 0.552. The molecule has 1 N–H and O–H groups in total. The molecule has 16 heavy (non-hydrogen) atoms. The highest BCUT2D eigenvalue weighted by Gasteiger charge is 2.20. The van der Waals surface area contributed by atoms with Crippen LogP contribution in [0.2, 0.25) is 0 Å². The summed E-state index contributed by atoms with van der Waals surface area (Å²) in [5.74, 6) is 0. The van der Waals surface area contributed by atoms with Crippen LogP contribution in [0.25, 0.3) is 0 Å². The number of aromatic nitrogens is 3. The van der Waals surface area contributed by atoms with Gasteiger partial charge in [0.25, 0.3) is 0 Å². The summed E-state index contributed by atoms with van der Waals surface area (Å²) in [6.07, 6.45) is 5.31. The lowest BCUT2D eigenvalue weighted by Gasteiger charge is -2.24. The highest BCUT2D eigenvalue weighted by atomic mass is 32.2. The molecule has 2 atom stereocenters. The first kappa shape index (κ1) is 13.5. The third kappa shape index (κ3) is 3.49. The van der Waals surface area contributed by atoms with E-state index in [4.69, 9.17) is 0 Å². The normalized spacial score (nSPS) is 15.0. The molecule has 0 radical (unpaired) electrons. The molecular weight excluding hydrogens is 220 g/mol. The summed E-state index contributed by atoms with van der Waals surface area (Å²) < 4.78 is 1.98. The van der Waals surface area contributed by atoms with E-state index in [1.807, 2.05) is 30.4 Å². The molecule has 0 saturated carbocycles. The van der Waals surface area contributed by atoms with Crippen molar-refractivity contribution >= 4 is 11.8 Å². The first-order chi connectivity index (χ1) is 7.72. The smallest absolute Gasteiger partial charge is 0.191 e. The van der Waals surface area contributed by atoms with E-state index in [0.29, 0.717) is 11.3 Å². The second-order valence-electron chi connectivity index (χ2n) is 3.97. The van der Waals surface area contributed by atoms with Crippen LogP contribution in [-0.4, -0.2) is 33.1 Å². The van der Waals surface area contributed by atoms with Crippen molar-refractivity contribution in [3.05, 3.63) is 6.33 Å². The summed E-state index contributed by atoms with van der Waals surface area (Å²) in [6.45, 7) is 4.46. The monoisotopic (exact) mass is 242 g/mol. The zero-order valence-electron chi connectivity index (χ0n) is 10.6. The number of aryl methyl sites for hydroxylation is 1. The molecule has 5 heteroatoms. The largest absolute Gasteiger partial charge is 0.316 e. The van der Waals surface area contributed by atoms with Gasteiger partial charge in [-0.15, -0.1) is 10.2 Å². The van der Waals surface area contributed by atoms with Crippen molar-refractivity contribution in [3.8, 4) is 0 Å². The third-order valence-corrected chi connectivity index (χ3v) is 4.29. The Morgan fingerprint density at radius 2 is 2.25 bits per heavy atom. The van der Waals surface area contributed by atoms with Gasteiger partial charge in [0.15, 0.2) is 5.16 Å². The van der Waals surface area contributed by atoms with Gasteiger partial charge < -0.3 is 9.88 Å². The van der Waals surface area contributed by atoms with Crippen molar-refractivity contribution < 1.29 is 0 Å². The van der Waals surface area contributed by atoms with Crippen LogP contribution in [0.1, 0.15) is 33.1 Å². The van der Waals surface area contributed by atoms with Gasteiger partial charge in [0.05, 0.1) is 0 Å². The van der Waals surface area contributed by atoms with E-state index >= 15 is 0 Å². The molecule has 0 saturated heterocycles. The first-order valence-electron chi connectivity index (χ1n) is 5.90. The second-order valence-corrected chi connectivity index (χ2v) is 5.18. The van der Waals surface area contributed by atoms with Crippen molar-refractivity contribution in [2.45, 2.75) is 49.6 Å². The molecule has 1 aromatic heterocycles. The Bertz CT molecular complexity index is 300. The summed E-state index contributed by atoms with van der Waals surface area (Å²) in [6, 6.07) is 0.552. The zero-order chi connectivity index (χ0) is 12.0. The molecule has 0 aliphatic rings. The maximum absolute atomic E-state index is 4.13. The van der Waals surface area contributed by atoms with Gasteiger partial charge in [-0.05, 0) is 19.9 Å². The minimum Gasteiger partial charge on any atom is -0.316 e. The van der Waals surface area contributed by atoms with Crippen LogP contribution >= 0.6 is 11.8 Å². The molecule has 92 valence electrons. The summed E-state index contributed by atoms with van der Waals surface area (Å²) in [4.78, 5) is 0. The number of rotatable bonds is 7. The fourth-order valence-electron chi connectivity index (χ4n) is 1.79. The number of hydrogen-bond donors (Lipinski definition) is 1. The number of hydrogen-bond acceptors (Lipinski definition) is 4. The highest BCUT2D eigenvalue weighted by Crippen LogP contribution is 2.26. The van der Waals surface area contributed by atoms with Crippen LogP contribution < -0.4 is 5.32 Å². The number of nitrogens with one attached hydrogen (secondary N) is 1. The van der Waals surface area contributed by atoms with Crippen LogP contribution in [0, 0.1) is 0 Å². The fraction of sp³-hybridized carbons (Fsp3) is 0.818. The summed E-state index contributed by atoms with van der Waals surface area (Å²) in [5, 5.41) is 13.0. The van der Waals surface area contributed by atoms with Gasteiger partial charge in [-0.1, -0.05) is 32.0 Å². The number of nitrogens with zero attached hydrogens (tertiary/aromatic N) is 3. The Kier molecular flexibility index (Phi) is 5.84. The average Bonchev–Trinajstić information content (AvgIpc) is 2.69. The van der Waals surface area contributed by atoms with Crippen LogP contribution in [0.4, 0.5) is 0 Å². The first-order valence-corrected chi connectivity index (χ1v) is 6.78. The lowest BCUT2D eigenvalue weighted by molar-refractivity contribution is 0.489. The maximum Gasteiger partial charge on any atom is 0.191 e. The Morgan fingerprint density at radius 3 is 2.69 bits per heavy atom. The molecular formula is C11H22N4S. The molecule has 0 spiro atoms. The second kappa shape index (κ2) is 6.91. The van der Waals surface area contributed by atoms with Gasteiger partial charge in [0.2, 0.25) is 0 Å². The van der Waals surface area contributed by atoms with Crippen molar-refractivity contribution in [2.75, 3.05) is 7.05 Å². The Morgan fingerprint density at radius 1 is 1.50 bits per heavy atom. The SMILES string of the molecule is CCCC(NC)C(CC)Sc1nncn1C. The Labute approximate surface area is 102 Å². The molecule has 4 nitrogen and oxygen atoms in total. The van der Waals surface area contributed by atoms with Gasteiger partial charge in [0.1, 0.15) is 6.33 Å². The van der Waals surface area contributed by atoms with E-state index in [0.717, 1.165) is 11.6 Å². The van der Waals surface area contributed by atoms with Gasteiger partial charge in [-0.2, -0.15) is 0 Å². The molecule has 1 aromatic rings. The molecule has 0 aliphatic heterocycles. The van der Waals surface area contributed by atoms with E-state index in [1.165, 1.54) is 12.8 Å². The van der Waals surface area contributed by atoms with E-state index in [2.05, 4.69) is 29.4 Å². The van der Waals surface area contributed by atoms with Crippen molar-refractivity contribution in [1.29, 1.82) is 0 Å². The average molecular weight is 242 g/mol. The topological polar surface area (TPSA) is 42.7 Å². The van der Waals surface area contributed by atoms with Crippen LogP contribution in [0.3, 0.4) is 0 Å². The molecule has 2 unspecified atom stereocenters. The summed E-state index contributed by atoms with van der Waals surface area (Å²) in [5.41, 5.74) is 0. The maximum atomic E-state index is 4.13. The molecule has 1 rings (SSSR count). The zero-order valence-corrected chi connectivity index (χ0v) is 11.4. The van der Waals surface area contributed by atoms with Crippen molar-refractivity contribution in [1.82, 2.24) is 20.1 Å². The lowest BCUT2D eigenvalue weighted by Crippen LogP contribution is -2.35. The lowest BCUT2D eigenvalue weighted by atomic mass is 10.1. The van der Waals surface area contributed by atoms with E-state index in [-0.39, 0.29) is 0 Å². The van der Waals surface area contributed by atoms with Crippen molar-refractivity contribution in [2.24, 2.45) is 7.05 Å². The van der Waals surface area contributed by atoms with Gasteiger partial charge in [0, 0.05) is 18.3 Å². The molecule has 0 bridgehead atoms. The quantitative estimate of drug-likeness (QED) is 0.743. The number of thioether (sulfide) groups is 1. The molecule has 0 amide bonds. The molecule has 1 heterocycles. The van der Waals surface area contributed by atoms with Gasteiger partial charge in [-0.3, -0.25) is 0 Å². The van der Waals surface area contributed by atoms with Crippen LogP contribution in [-0.2, 0) is 7.05 Å². The predicted molar refractivity (Wildman–Crippen MR) is 68.7 cm³/mol. The third-order valence-electron chi connectivity index (χ3n) is 2.75. The highest BCUT2D eigenvalue weighted by molar-refractivity contribution is 7.99. The van der Waals surface area contributed by atoms with Crippen molar-refractivity contribution in [3.63, 3.8) is 0 Å². The van der Waals surface area contributed by atoms with E-state index in [1.54, 1.807) is 6.33 Å². The predicted octanol–water partition coefficient (Wildman–Crippen LogP) is 2.07. The molecule has 0 fully saturated rings. The van der Waals surface area contributed by atoms with Crippen LogP contribution in [0.5, 0.6) is 0 Å². The Hall–Kier alpha value is -0.550. The van der Waals surface area contributed by atoms with Gasteiger partial charge >= 0.3 is 0 Å². The van der Waals surface area contributed by atoms with E-state index < -0.39 is 0 Å². The van der Waals surface area contributed by atoms with Gasteiger partial charge in [-0.25, -0.2) is 0 Å². The molecule has 0 aromatic carbocycles. The van der Waals surface area contributed by atoms with Crippen LogP contribution in [0.15, 0.2) is 11.5 Å². The Balaban J connectivity index is 2.63. The fourth-order valence-corrected chi connectivity index (χ4v) is 2.97. The minimum atomic E-state index is 0.552. The van der Waals surface area contributed by atoms with E-state index in [9.17, 15) is 0 Å². The summed E-state index contributed by atoms with van der Waals surface area (Å²) >= 11 is 1.82. The summed E-state index contributed by atoms with van der Waals surface area (Å²) in [7, 11) is 4.03. The standard InChI is InChI=1S/C11H22N4S/c1-5-7-9(12-3)10(6-2)16-11-14-13-8-15(11)4/h8-10,12H,5-7H2,1-4H3. The molecule has 0 aliphatic carbocycles.